The van der Waals surface area contributed by atoms with Crippen LogP contribution < -0.4 is 5.32 Å². The summed E-state index contributed by atoms with van der Waals surface area (Å²) in [7, 11) is 0. The van der Waals surface area contributed by atoms with E-state index in [-0.39, 0.29) is 19.4 Å². The van der Waals surface area contributed by atoms with Crippen molar-refractivity contribution in [3.63, 3.8) is 0 Å². The standard InChI is InChI=1S/C13H15NO5/c15-11(14-8-12(16)17)6-7-13(18)19-9-10-4-2-1-3-5-10/h1-5H,6-9H2,(H,14,15)(H,16,17). The fourth-order valence-corrected chi connectivity index (χ4v) is 1.29. The number of amides is 1. The molecule has 0 heterocycles. The molecule has 102 valence electrons. The van der Waals surface area contributed by atoms with Crippen LogP contribution in [0.5, 0.6) is 0 Å². The monoisotopic (exact) mass is 265 g/mol. The summed E-state index contributed by atoms with van der Waals surface area (Å²) >= 11 is 0. The maximum absolute atomic E-state index is 11.3. The summed E-state index contributed by atoms with van der Waals surface area (Å²) in [6.45, 7) is -0.283. The van der Waals surface area contributed by atoms with Crippen molar-refractivity contribution in [2.24, 2.45) is 0 Å². The van der Waals surface area contributed by atoms with E-state index in [9.17, 15) is 14.4 Å². The zero-order valence-electron chi connectivity index (χ0n) is 10.3. The maximum Gasteiger partial charge on any atom is 0.322 e. The summed E-state index contributed by atoms with van der Waals surface area (Å²) < 4.78 is 4.97. The van der Waals surface area contributed by atoms with Gasteiger partial charge in [0.15, 0.2) is 0 Å². The Kier molecular flexibility index (Phi) is 6.08. The van der Waals surface area contributed by atoms with Gasteiger partial charge < -0.3 is 15.2 Å². The fraction of sp³-hybridized carbons (Fsp3) is 0.308. The molecule has 0 aliphatic heterocycles. The van der Waals surface area contributed by atoms with Crippen LogP contribution >= 0.6 is 0 Å². The summed E-state index contributed by atoms with van der Waals surface area (Å²) in [6, 6.07) is 9.18. The summed E-state index contributed by atoms with van der Waals surface area (Å²) in [5, 5.41) is 10.5. The van der Waals surface area contributed by atoms with Gasteiger partial charge in [0.2, 0.25) is 5.91 Å². The van der Waals surface area contributed by atoms with Crippen LogP contribution in [0.4, 0.5) is 0 Å². The molecule has 6 nitrogen and oxygen atoms in total. The van der Waals surface area contributed by atoms with Crippen LogP contribution in [0.2, 0.25) is 0 Å². The number of carboxylic acid groups (broad SMARTS) is 1. The molecular formula is C13H15NO5. The molecule has 19 heavy (non-hydrogen) atoms. The van der Waals surface area contributed by atoms with Gasteiger partial charge in [-0.3, -0.25) is 14.4 Å². The van der Waals surface area contributed by atoms with Crippen LogP contribution in [0.3, 0.4) is 0 Å². The minimum atomic E-state index is -1.12. The normalized spacial score (nSPS) is 9.68. The average Bonchev–Trinajstić information content (AvgIpc) is 2.41. The van der Waals surface area contributed by atoms with Crippen molar-refractivity contribution in [3.05, 3.63) is 35.9 Å². The lowest BCUT2D eigenvalue weighted by atomic mass is 10.2. The third-order valence-corrected chi connectivity index (χ3v) is 2.24. The van der Waals surface area contributed by atoms with Crippen molar-refractivity contribution in [1.82, 2.24) is 5.32 Å². The molecule has 0 fully saturated rings. The lowest BCUT2D eigenvalue weighted by molar-refractivity contribution is -0.146. The van der Waals surface area contributed by atoms with Gasteiger partial charge in [-0.05, 0) is 5.56 Å². The molecule has 6 heteroatoms. The van der Waals surface area contributed by atoms with Crippen LogP contribution in [0, 0.1) is 0 Å². The number of benzene rings is 1. The van der Waals surface area contributed by atoms with Gasteiger partial charge in [-0.1, -0.05) is 30.3 Å². The molecular weight excluding hydrogens is 250 g/mol. The molecule has 0 aliphatic carbocycles. The second kappa shape index (κ2) is 7.86. The number of nitrogens with one attached hydrogen (secondary N) is 1. The third-order valence-electron chi connectivity index (χ3n) is 2.24. The van der Waals surface area contributed by atoms with Crippen molar-refractivity contribution in [2.45, 2.75) is 19.4 Å². The highest BCUT2D eigenvalue weighted by Gasteiger charge is 2.09. The smallest absolute Gasteiger partial charge is 0.322 e. The molecule has 0 bridgehead atoms. The molecule has 0 atom stereocenters. The first-order valence-corrected chi connectivity index (χ1v) is 5.76. The topological polar surface area (TPSA) is 92.7 Å². The number of esters is 1. The van der Waals surface area contributed by atoms with Gasteiger partial charge in [-0.25, -0.2) is 0 Å². The molecule has 1 aromatic carbocycles. The molecule has 1 aromatic rings. The summed E-state index contributed by atoms with van der Waals surface area (Å²) in [5.74, 6) is -2.10. The number of hydrogen-bond acceptors (Lipinski definition) is 4. The molecule has 0 unspecified atom stereocenters. The maximum atomic E-state index is 11.3. The summed E-state index contributed by atoms with van der Waals surface area (Å²) in [6.07, 6.45) is -0.154. The Bertz CT molecular complexity index is 444. The van der Waals surface area contributed by atoms with E-state index >= 15 is 0 Å². The quantitative estimate of drug-likeness (QED) is 0.708. The molecule has 1 rings (SSSR count). The second-order valence-electron chi connectivity index (χ2n) is 3.82. The zero-order chi connectivity index (χ0) is 14.1. The molecule has 0 aromatic heterocycles. The van der Waals surface area contributed by atoms with E-state index in [4.69, 9.17) is 9.84 Å². The van der Waals surface area contributed by atoms with E-state index in [1.54, 1.807) is 0 Å². The number of carboxylic acids is 1. The van der Waals surface area contributed by atoms with Crippen molar-refractivity contribution in [2.75, 3.05) is 6.54 Å². The van der Waals surface area contributed by atoms with E-state index in [2.05, 4.69) is 5.32 Å². The van der Waals surface area contributed by atoms with E-state index < -0.39 is 24.4 Å². The van der Waals surface area contributed by atoms with Gasteiger partial charge in [0.1, 0.15) is 13.2 Å². The number of hydrogen-bond donors (Lipinski definition) is 2. The zero-order valence-corrected chi connectivity index (χ0v) is 10.3. The Morgan fingerprint density at radius 1 is 1.11 bits per heavy atom. The predicted molar refractivity (Wildman–Crippen MR) is 66.1 cm³/mol. The minimum absolute atomic E-state index is 0.0711. The first kappa shape index (κ1) is 14.7. The summed E-state index contributed by atoms with van der Waals surface area (Å²) in [5.41, 5.74) is 0.867. The van der Waals surface area contributed by atoms with Crippen molar-refractivity contribution in [1.29, 1.82) is 0 Å². The first-order valence-electron chi connectivity index (χ1n) is 5.76. The minimum Gasteiger partial charge on any atom is -0.480 e. The van der Waals surface area contributed by atoms with E-state index in [1.807, 2.05) is 30.3 Å². The van der Waals surface area contributed by atoms with E-state index in [0.29, 0.717) is 0 Å². The number of rotatable bonds is 7. The summed E-state index contributed by atoms with van der Waals surface area (Å²) in [4.78, 5) is 32.7. The number of carbonyl (C=O) groups excluding carboxylic acids is 2. The van der Waals surface area contributed by atoms with Gasteiger partial charge in [-0.15, -0.1) is 0 Å². The molecule has 1 amide bonds. The Balaban J connectivity index is 2.17. The molecule has 0 saturated carbocycles. The third kappa shape index (κ3) is 6.82. The Morgan fingerprint density at radius 3 is 2.42 bits per heavy atom. The molecule has 2 N–H and O–H groups in total. The Hall–Kier alpha value is -2.37. The molecule has 0 saturated heterocycles. The lowest BCUT2D eigenvalue weighted by Crippen LogP contribution is -2.29. The van der Waals surface area contributed by atoms with Crippen LogP contribution in [0.1, 0.15) is 18.4 Å². The highest BCUT2D eigenvalue weighted by molar-refractivity contribution is 5.84. The van der Waals surface area contributed by atoms with Gasteiger partial charge in [0.05, 0.1) is 6.42 Å². The largest absolute Gasteiger partial charge is 0.480 e. The van der Waals surface area contributed by atoms with Gasteiger partial charge in [0, 0.05) is 6.42 Å². The predicted octanol–water partition coefficient (Wildman–Crippen LogP) is 0.711. The Morgan fingerprint density at radius 2 is 1.79 bits per heavy atom. The average molecular weight is 265 g/mol. The lowest BCUT2D eigenvalue weighted by Gasteiger charge is -2.05. The van der Waals surface area contributed by atoms with Crippen LogP contribution in [0.15, 0.2) is 30.3 Å². The van der Waals surface area contributed by atoms with Crippen molar-refractivity contribution >= 4 is 17.8 Å². The second-order valence-corrected chi connectivity index (χ2v) is 3.82. The fourth-order valence-electron chi connectivity index (χ4n) is 1.29. The van der Waals surface area contributed by atoms with Crippen molar-refractivity contribution < 1.29 is 24.2 Å². The highest BCUT2D eigenvalue weighted by atomic mass is 16.5. The highest BCUT2D eigenvalue weighted by Crippen LogP contribution is 2.02. The van der Waals surface area contributed by atoms with Crippen LogP contribution in [-0.2, 0) is 25.7 Å². The van der Waals surface area contributed by atoms with Gasteiger partial charge >= 0.3 is 11.9 Å². The van der Waals surface area contributed by atoms with Crippen LogP contribution in [0.25, 0.3) is 0 Å². The van der Waals surface area contributed by atoms with Crippen LogP contribution in [-0.4, -0.2) is 29.5 Å². The Labute approximate surface area is 110 Å². The molecule has 0 aliphatic rings. The molecule has 0 radical (unpaired) electrons. The van der Waals surface area contributed by atoms with E-state index in [1.165, 1.54) is 0 Å². The molecule has 0 spiro atoms. The number of carbonyl (C=O) groups is 3. The van der Waals surface area contributed by atoms with Crippen molar-refractivity contribution in [3.8, 4) is 0 Å². The van der Waals surface area contributed by atoms with Gasteiger partial charge in [0.25, 0.3) is 0 Å². The number of aliphatic carboxylic acids is 1. The van der Waals surface area contributed by atoms with Gasteiger partial charge in [-0.2, -0.15) is 0 Å². The SMILES string of the molecule is O=C(O)CNC(=O)CCC(=O)OCc1ccccc1. The number of ether oxygens (including phenoxy) is 1. The van der Waals surface area contributed by atoms with E-state index in [0.717, 1.165) is 5.56 Å². The first-order chi connectivity index (χ1) is 9.08.